The van der Waals surface area contributed by atoms with Crippen LogP contribution in [-0.4, -0.2) is 189 Å². The van der Waals surface area contributed by atoms with Crippen molar-refractivity contribution in [2.45, 2.75) is 268 Å². The molecule has 5 fully saturated rings. The molecule has 0 aromatic carbocycles. The van der Waals surface area contributed by atoms with Gasteiger partial charge in [-0.2, -0.15) is 0 Å². The number of rotatable bonds is 11. The van der Waals surface area contributed by atoms with E-state index in [1.807, 2.05) is 0 Å². The Morgan fingerprint density at radius 3 is 1.76 bits per heavy atom. The second kappa shape index (κ2) is 28.3. The first kappa shape index (κ1) is 59.2. The zero-order valence-electron chi connectivity index (χ0n) is 42.5. The van der Waals surface area contributed by atoms with E-state index < -0.39 is 147 Å². The molecule has 0 aromatic rings. The summed E-state index contributed by atoms with van der Waals surface area (Å²) in [5.74, 6) is -2.36. The SMILES string of the molecule is C/C=C(/C)C(=O)O[C@H]1[C@@H]2O[C@@H]3[C@H](O[C@H]4[C@H](O[C@@H](CCCCC)CCCCCCCCCC(=O)O[C@H]1[C@@H](O[C@@H]1O[C@@H](C)[C@@H](OC(=O)/C(C)=C/C)[C@@H](O)[C@H]1O)[C@@H](C)O2)O[C@@H](C)[C@H](O)[C@H]4O)O[C@@H](CO)[C@@H](O)[C@H]3O. The van der Waals surface area contributed by atoms with E-state index in [2.05, 4.69) is 6.92 Å². The van der Waals surface area contributed by atoms with Crippen molar-refractivity contribution >= 4 is 17.9 Å². The van der Waals surface area contributed by atoms with Crippen molar-refractivity contribution in [1.29, 1.82) is 0 Å². The Hall–Kier alpha value is -2.71. The van der Waals surface area contributed by atoms with Crippen molar-refractivity contribution in [3.8, 4) is 0 Å². The fraction of sp³-hybridized carbons (Fsp3) is 0.860. The highest BCUT2D eigenvalue weighted by Crippen LogP contribution is 2.38. The summed E-state index contributed by atoms with van der Waals surface area (Å²) in [7, 11) is 0. The van der Waals surface area contributed by atoms with Crippen LogP contribution < -0.4 is 0 Å². The molecule has 5 heterocycles. The lowest BCUT2D eigenvalue weighted by molar-refractivity contribution is -0.398. The highest BCUT2D eigenvalue weighted by molar-refractivity contribution is 5.88. The van der Waals surface area contributed by atoms with Gasteiger partial charge in [0, 0.05) is 17.6 Å². The minimum atomic E-state index is -1.93. The number of unbranched alkanes of at least 4 members (excludes halogenated alkanes) is 2. The zero-order chi connectivity index (χ0) is 52.1. The Labute approximate surface area is 417 Å². The minimum absolute atomic E-state index is 0.0520. The van der Waals surface area contributed by atoms with Crippen molar-refractivity contribution < 1.29 is 102 Å². The second-order valence-electron chi connectivity index (χ2n) is 19.5. The van der Waals surface area contributed by atoms with Crippen molar-refractivity contribution in [3.05, 3.63) is 23.3 Å². The molecule has 71 heavy (non-hydrogen) atoms. The predicted octanol–water partition coefficient (Wildman–Crippen LogP) is 2.42. The molecule has 2 bridgehead atoms. The van der Waals surface area contributed by atoms with Gasteiger partial charge in [-0.1, -0.05) is 76.9 Å². The molecule has 5 rings (SSSR count). The van der Waals surface area contributed by atoms with E-state index in [0.717, 1.165) is 51.4 Å². The van der Waals surface area contributed by atoms with Gasteiger partial charge in [-0.05, 0) is 67.7 Å². The fourth-order valence-corrected chi connectivity index (χ4v) is 9.34. The average molecular weight is 1020 g/mol. The van der Waals surface area contributed by atoms with Gasteiger partial charge in [0.05, 0.1) is 31.0 Å². The summed E-state index contributed by atoms with van der Waals surface area (Å²) in [4.78, 5) is 40.4. The number of aliphatic hydroxyl groups is 7. The number of hydrogen-bond acceptors (Lipinski definition) is 21. The number of ether oxygens (including phenoxy) is 11. The second-order valence-corrected chi connectivity index (χ2v) is 19.5. The molecule has 408 valence electrons. The lowest BCUT2D eigenvalue weighted by Gasteiger charge is -2.50. The molecule has 0 spiro atoms. The molecule has 5 aliphatic rings. The molecule has 7 N–H and O–H groups in total. The minimum Gasteiger partial charge on any atom is -0.455 e. The molecule has 5 aliphatic heterocycles. The van der Waals surface area contributed by atoms with Gasteiger partial charge in [0.1, 0.15) is 61.0 Å². The van der Waals surface area contributed by atoms with Gasteiger partial charge in [-0.15, -0.1) is 0 Å². The van der Waals surface area contributed by atoms with E-state index in [1.54, 1.807) is 20.8 Å². The average Bonchev–Trinajstić information content (AvgIpc) is 3.34. The van der Waals surface area contributed by atoms with E-state index in [-0.39, 0.29) is 23.7 Å². The molecule has 21 atom stereocenters. The Kier molecular flexibility index (Phi) is 23.6. The number of aliphatic hydroxyl groups excluding tert-OH is 7. The Bertz CT molecular complexity index is 1730. The quantitative estimate of drug-likeness (QED) is 0.0677. The highest BCUT2D eigenvalue weighted by Gasteiger charge is 2.57. The third kappa shape index (κ3) is 15.4. The summed E-state index contributed by atoms with van der Waals surface area (Å²) in [6.07, 6.45) is -18.6. The predicted molar refractivity (Wildman–Crippen MR) is 248 cm³/mol. The van der Waals surface area contributed by atoms with Crippen LogP contribution in [0.1, 0.15) is 139 Å². The molecule has 21 heteroatoms. The molecular weight excluding hydrogens is 937 g/mol. The van der Waals surface area contributed by atoms with Crippen molar-refractivity contribution in [2.75, 3.05) is 6.61 Å². The Morgan fingerprint density at radius 2 is 1.14 bits per heavy atom. The van der Waals surface area contributed by atoms with Crippen LogP contribution in [-0.2, 0) is 66.5 Å². The van der Waals surface area contributed by atoms with Crippen LogP contribution in [0.15, 0.2) is 23.3 Å². The third-order valence-electron chi connectivity index (χ3n) is 14.1. The van der Waals surface area contributed by atoms with Crippen LogP contribution in [0, 0.1) is 0 Å². The van der Waals surface area contributed by atoms with Gasteiger partial charge in [0.15, 0.2) is 43.5 Å². The summed E-state index contributed by atoms with van der Waals surface area (Å²) in [5.41, 5.74) is 0.378. The van der Waals surface area contributed by atoms with Crippen molar-refractivity contribution in [1.82, 2.24) is 0 Å². The van der Waals surface area contributed by atoms with E-state index in [0.29, 0.717) is 25.7 Å². The zero-order valence-corrected chi connectivity index (χ0v) is 42.5. The summed E-state index contributed by atoms with van der Waals surface area (Å²) in [6, 6.07) is 0. The van der Waals surface area contributed by atoms with Gasteiger partial charge in [-0.25, -0.2) is 9.59 Å². The Morgan fingerprint density at radius 1 is 0.592 bits per heavy atom. The molecule has 5 saturated heterocycles. The van der Waals surface area contributed by atoms with Gasteiger partial charge < -0.3 is 87.9 Å². The van der Waals surface area contributed by atoms with E-state index >= 15 is 0 Å². The first-order chi connectivity index (χ1) is 33.8. The topological polar surface area (TPSA) is 294 Å². The standard InChI is InChI=1S/C50H82O21/c1-9-12-18-21-30-22-19-16-14-13-15-17-20-23-32(52)66-43-40(69-47-38(58)37(57)39(28(7)62-47)67-45(59)25(4)10-2)29(8)63-50(44(43)68-46(60)26(5)11-3)71-42-36(56)34(54)31(24-51)65-49(42)70-41-35(55)33(53)27(6)61-48(41)64-30/h10-11,27-31,33-44,47-51,53-58H,9,12-24H2,1-8H3/b25-10+,26-11-/t27-,28-,29+,30-,31-,33-,34+,35+,36+,37-,38+,39+,40-,41+,42-,43-,44+,47-,48-,49-,50-/m0/s1. The number of fused-ring (bicyclic) bond motifs is 4. The molecule has 0 unspecified atom stereocenters. The molecular formula is C50H82O21. The summed E-state index contributed by atoms with van der Waals surface area (Å²) < 4.78 is 68.1. The third-order valence-corrected chi connectivity index (χ3v) is 14.1. The monoisotopic (exact) mass is 1020 g/mol. The van der Waals surface area contributed by atoms with Gasteiger partial charge in [-0.3, -0.25) is 4.79 Å². The molecule has 0 amide bonds. The lowest BCUT2D eigenvalue weighted by atomic mass is 9.95. The van der Waals surface area contributed by atoms with Crippen LogP contribution in [0.4, 0.5) is 0 Å². The van der Waals surface area contributed by atoms with Crippen LogP contribution in [0.5, 0.6) is 0 Å². The molecule has 0 aliphatic carbocycles. The molecule has 0 radical (unpaired) electrons. The maximum Gasteiger partial charge on any atom is 0.333 e. The van der Waals surface area contributed by atoms with Gasteiger partial charge in [0.25, 0.3) is 0 Å². The summed E-state index contributed by atoms with van der Waals surface area (Å²) >= 11 is 0. The van der Waals surface area contributed by atoms with Gasteiger partial charge >= 0.3 is 17.9 Å². The largest absolute Gasteiger partial charge is 0.455 e. The first-order valence-corrected chi connectivity index (χ1v) is 25.7. The van der Waals surface area contributed by atoms with Crippen LogP contribution in [0.3, 0.4) is 0 Å². The van der Waals surface area contributed by atoms with Crippen LogP contribution >= 0.6 is 0 Å². The number of carbonyl (C=O) groups is 3. The van der Waals surface area contributed by atoms with Gasteiger partial charge in [0.2, 0.25) is 0 Å². The summed E-state index contributed by atoms with van der Waals surface area (Å²) in [5, 5.41) is 78.8. The fourth-order valence-electron chi connectivity index (χ4n) is 9.34. The number of hydrogen-bond donors (Lipinski definition) is 7. The smallest absolute Gasteiger partial charge is 0.333 e. The summed E-state index contributed by atoms with van der Waals surface area (Å²) in [6.45, 7) is 12.1. The Balaban J connectivity index is 1.55. The number of carbonyl (C=O) groups excluding carboxylic acids is 3. The molecule has 21 nitrogen and oxygen atoms in total. The first-order valence-electron chi connectivity index (χ1n) is 25.7. The molecule has 0 saturated carbocycles. The number of esters is 3. The highest BCUT2D eigenvalue weighted by atomic mass is 16.8. The normalized spacial score (nSPS) is 42.0. The van der Waals surface area contributed by atoms with Crippen LogP contribution in [0.25, 0.3) is 0 Å². The molecule has 0 aromatic heterocycles. The van der Waals surface area contributed by atoms with Crippen molar-refractivity contribution in [2.24, 2.45) is 0 Å². The lowest BCUT2D eigenvalue weighted by Crippen LogP contribution is -2.68. The van der Waals surface area contributed by atoms with Crippen LogP contribution in [0.2, 0.25) is 0 Å². The van der Waals surface area contributed by atoms with E-state index in [9.17, 15) is 50.1 Å². The van der Waals surface area contributed by atoms with E-state index in [1.165, 1.54) is 39.8 Å². The maximum absolute atomic E-state index is 13.9. The van der Waals surface area contributed by atoms with Crippen molar-refractivity contribution in [3.63, 3.8) is 0 Å². The number of allylic oxidation sites excluding steroid dienone is 2. The maximum atomic E-state index is 13.9. The van der Waals surface area contributed by atoms with E-state index in [4.69, 9.17) is 52.1 Å².